The maximum absolute atomic E-state index is 13.7. The topological polar surface area (TPSA) is 75.2 Å². The van der Waals surface area contributed by atoms with Crippen molar-refractivity contribution in [2.24, 2.45) is 0 Å². The van der Waals surface area contributed by atoms with Gasteiger partial charge >= 0.3 is 0 Å². The molecule has 0 aliphatic carbocycles. The molecule has 1 amide bonds. The van der Waals surface area contributed by atoms with Crippen molar-refractivity contribution < 1.29 is 13.6 Å². The van der Waals surface area contributed by atoms with Crippen molar-refractivity contribution in [3.05, 3.63) is 80.4 Å². The summed E-state index contributed by atoms with van der Waals surface area (Å²) in [5.41, 5.74) is -0.631. The van der Waals surface area contributed by atoms with E-state index in [-0.39, 0.29) is 41.8 Å². The number of rotatable bonds is 5. The fourth-order valence-corrected chi connectivity index (χ4v) is 2.80. The molecule has 0 spiro atoms. The minimum absolute atomic E-state index is 0.0199. The molecule has 3 rings (SSSR count). The molecule has 0 aliphatic rings. The molecule has 0 radical (unpaired) electrons. The second-order valence-corrected chi connectivity index (χ2v) is 6.18. The zero-order chi connectivity index (χ0) is 19.6. The standard InChI is InChI=1S/C19H17F2N3O3/c1-23(11-12-6-7-13(20)10-16(12)21)17(25)8-9-24-19(27)15-5-3-2-4-14(15)18(26)22-24/h2-7,10H,8-9,11H2,1H3,(H,22,26). The summed E-state index contributed by atoms with van der Waals surface area (Å²) in [6, 6.07) is 9.58. The molecule has 0 saturated carbocycles. The molecule has 8 heteroatoms. The second kappa shape index (κ2) is 7.53. The lowest BCUT2D eigenvalue weighted by molar-refractivity contribution is -0.130. The van der Waals surface area contributed by atoms with Gasteiger partial charge in [-0.1, -0.05) is 18.2 Å². The van der Waals surface area contributed by atoms with E-state index in [9.17, 15) is 23.2 Å². The number of carbonyl (C=O) groups excluding carboxylic acids is 1. The number of hydrogen-bond acceptors (Lipinski definition) is 3. The SMILES string of the molecule is CN(Cc1ccc(F)cc1F)C(=O)CCn1[nH]c(=O)c2ccccc2c1=O. The molecule has 0 atom stereocenters. The number of carbonyl (C=O) groups is 1. The van der Waals surface area contributed by atoms with E-state index in [0.29, 0.717) is 0 Å². The van der Waals surface area contributed by atoms with Crippen molar-refractivity contribution in [1.82, 2.24) is 14.7 Å². The highest BCUT2D eigenvalue weighted by atomic mass is 19.1. The first kappa shape index (κ1) is 18.5. The Morgan fingerprint density at radius 1 is 1.11 bits per heavy atom. The Labute approximate surface area is 152 Å². The van der Waals surface area contributed by atoms with E-state index in [1.807, 2.05) is 0 Å². The molecular formula is C19H17F2N3O3. The third-order valence-corrected chi connectivity index (χ3v) is 4.28. The highest BCUT2D eigenvalue weighted by Crippen LogP contribution is 2.12. The van der Waals surface area contributed by atoms with E-state index < -0.39 is 22.8 Å². The van der Waals surface area contributed by atoms with Gasteiger partial charge in [0.15, 0.2) is 0 Å². The average Bonchev–Trinajstić information content (AvgIpc) is 2.65. The van der Waals surface area contributed by atoms with Crippen LogP contribution < -0.4 is 11.1 Å². The van der Waals surface area contributed by atoms with Gasteiger partial charge < -0.3 is 4.90 Å². The summed E-state index contributed by atoms with van der Waals surface area (Å²) in [5.74, 6) is -1.77. The van der Waals surface area contributed by atoms with Crippen molar-refractivity contribution in [3.8, 4) is 0 Å². The molecule has 1 heterocycles. The van der Waals surface area contributed by atoms with Crippen LogP contribution in [0, 0.1) is 11.6 Å². The molecule has 3 aromatic rings. The summed E-state index contributed by atoms with van der Waals surface area (Å²) in [7, 11) is 1.48. The van der Waals surface area contributed by atoms with Crippen molar-refractivity contribution in [3.63, 3.8) is 0 Å². The molecule has 0 unspecified atom stereocenters. The van der Waals surface area contributed by atoms with E-state index in [1.54, 1.807) is 24.3 Å². The summed E-state index contributed by atoms with van der Waals surface area (Å²) in [5, 5.41) is 3.01. The molecule has 0 bridgehead atoms. The van der Waals surface area contributed by atoms with Crippen LogP contribution >= 0.6 is 0 Å². The first-order chi connectivity index (χ1) is 12.9. The van der Waals surface area contributed by atoms with Crippen LogP contribution in [0.1, 0.15) is 12.0 Å². The van der Waals surface area contributed by atoms with Gasteiger partial charge in [-0.3, -0.25) is 19.5 Å². The number of amides is 1. The minimum Gasteiger partial charge on any atom is -0.341 e. The van der Waals surface area contributed by atoms with E-state index in [0.717, 1.165) is 16.8 Å². The van der Waals surface area contributed by atoms with Crippen molar-refractivity contribution >= 4 is 16.7 Å². The van der Waals surface area contributed by atoms with Crippen LogP contribution in [0.5, 0.6) is 0 Å². The lowest BCUT2D eigenvalue weighted by atomic mass is 10.2. The van der Waals surface area contributed by atoms with E-state index in [2.05, 4.69) is 5.10 Å². The average molecular weight is 373 g/mol. The largest absolute Gasteiger partial charge is 0.341 e. The summed E-state index contributed by atoms with van der Waals surface area (Å²) < 4.78 is 27.8. The van der Waals surface area contributed by atoms with Crippen molar-refractivity contribution in [2.45, 2.75) is 19.5 Å². The quantitative estimate of drug-likeness (QED) is 0.744. The molecule has 140 valence electrons. The summed E-state index contributed by atoms with van der Waals surface area (Å²) in [4.78, 5) is 38.0. The van der Waals surface area contributed by atoms with Crippen molar-refractivity contribution in [1.29, 1.82) is 0 Å². The number of H-pyrrole nitrogens is 1. The van der Waals surface area contributed by atoms with Crippen LogP contribution in [-0.4, -0.2) is 27.6 Å². The molecule has 0 saturated heterocycles. The fourth-order valence-electron chi connectivity index (χ4n) is 2.80. The maximum atomic E-state index is 13.7. The monoisotopic (exact) mass is 373 g/mol. The number of halogens is 2. The molecule has 0 fully saturated rings. The van der Waals surface area contributed by atoms with Crippen LogP contribution in [-0.2, 0) is 17.9 Å². The Hall–Kier alpha value is -3.29. The third kappa shape index (κ3) is 3.94. The number of nitrogens with zero attached hydrogens (tertiary/aromatic N) is 2. The number of hydrogen-bond donors (Lipinski definition) is 1. The highest BCUT2D eigenvalue weighted by molar-refractivity contribution is 5.80. The van der Waals surface area contributed by atoms with E-state index in [1.165, 1.54) is 18.0 Å². The molecule has 0 aliphatic heterocycles. The van der Waals surface area contributed by atoms with Crippen LogP contribution in [0.25, 0.3) is 10.8 Å². The minimum atomic E-state index is -0.732. The Morgan fingerprint density at radius 3 is 2.52 bits per heavy atom. The Balaban J connectivity index is 1.72. The normalized spacial score (nSPS) is 10.9. The van der Waals surface area contributed by atoms with Gasteiger partial charge in [-0.05, 0) is 18.2 Å². The number of benzene rings is 2. The van der Waals surface area contributed by atoms with Crippen LogP contribution in [0.3, 0.4) is 0 Å². The van der Waals surface area contributed by atoms with E-state index >= 15 is 0 Å². The Morgan fingerprint density at radius 2 is 1.81 bits per heavy atom. The Bertz CT molecular complexity index is 1120. The molecule has 27 heavy (non-hydrogen) atoms. The summed E-state index contributed by atoms with van der Waals surface area (Å²) in [6.45, 7) is -0.0535. The van der Waals surface area contributed by atoms with Crippen LogP contribution in [0.2, 0.25) is 0 Å². The highest BCUT2D eigenvalue weighted by Gasteiger charge is 2.14. The van der Waals surface area contributed by atoms with Gasteiger partial charge in [-0.25, -0.2) is 13.5 Å². The zero-order valence-corrected chi connectivity index (χ0v) is 14.5. The fraction of sp³-hybridized carbons (Fsp3) is 0.211. The predicted octanol–water partition coefficient (Wildman–Crippen LogP) is 2.02. The van der Waals surface area contributed by atoms with Gasteiger partial charge in [0.25, 0.3) is 11.1 Å². The molecular weight excluding hydrogens is 356 g/mol. The van der Waals surface area contributed by atoms with Crippen LogP contribution in [0.15, 0.2) is 52.1 Å². The number of aromatic amines is 1. The third-order valence-electron chi connectivity index (χ3n) is 4.28. The van der Waals surface area contributed by atoms with Gasteiger partial charge in [0, 0.05) is 31.6 Å². The molecule has 2 aromatic carbocycles. The maximum Gasteiger partial charge on any atom is 0.273 e. The molecule has 1 N–H and O–H groups in total. The van der Waals surface area contributed by atoms with Gasteiger partial charge in [-0.2, -0.15) is 0 Å². The van der Waals surface area contributed by atoms with Gasteiger partial charge in [0.1, 0.15) is 11.6 Å². The lowest BCUT2D eigenvalue weighted by Crippen LogP contribution is -2.33. The van der Waals surface area contributed by atoms with Gasteiger partial charge in [0.05, 0.1) is 17.3 Å². The second-order valence-electron chi connectivity index (χ2n) is 6.18. The first-order valence-corrected chi connectivity index (χ1v) is 8.26. The number of nitrogens with one attached hydrogen (secondary N) is 1. The van der Waals surface area contributed by atoms with E-state index in [4.69, 9.17) is 0 Å². The van der Waals surface area contributed by atoms with Gasteiger partial charge in [0.2, 0.25) is 5.91 Å². The lowest BCUT2D eigenvalue weighted by Gasteiger charge is -2.18. The zero-order valence-electron chi connectivity index (χ0n) is 14.5. The summed E-state index contributed by atoms with van der Waals surface area (Å²) >= 11 is 0. The molecule has 1 aromatic heterocycles. The van der Waals surface area contributed by atoms with Crippen molar-refractivity contribution in [2.75, 3.05) is 7.05 Å². The Kier molecular flexibility index (Phi) is 5.16. The number of aryl methyl sites for hydroxylation is 1. The van der Waals surface area contributed by atoms with Crippen LogP contribution in [0.4, 0.5) is 8.78 Å². The predicted molar refractivity (Wildman–Crippen MR) is 96.3 cm³/mol. The summed E-state index contributed by atoms with van der Waals surface area (Å²) in [6.07, 6.45) is -0.0620. The number of aromatic nitrogens is 2. The number of fused-ring (bicyclic) bond motifs is 1. The molecule has 6 nitrogen and oxygen atoms in total. The van der Waals surface area contributed by atoms with Gasteiger partial charge in [-0.15, -0.1) is 0 Å². The smallest absolute Gasteiger partial charge is 0.273 e. The first-order valence-electron chi connectivity index (χ1n) is 8.26.